The van der Waals surface area contributed by atoms with E-state index in [1.165, 1.54) is 57.8 Å². The molecule has 0 atom stereocenters. The number of hydrogen-bond acceptors (Lipinski definition) is 1. The second-order valence-electron chi connectivity index (χ2n) is 3.55. The average molecular weight is 211 g/mol. The summed E-state index contributed by atoms with van der Waals surface area (Å²) in [4.78, 5) is 0. The van der Waals surface area contributed by atoms with Crippen LogP contribution in [0, 0.1) is 0 Å². The van der Waals surface area contributed by atoms with Crippen LogP contribution in [0.5, 0.6) is 0 Å². The first-order chi connectivity index (χ1) is 5.91. The molecule has 0 heterocycles. The van der Waals surface area contributed by atoms with Crippen molar-refractivity contribution >= 4 is 42.2 Å². The van der Waals surface area contributed by atoms with Crippen molar-refractivity contribution in [3.63, 3.8) is 0 Å². The van der Waals surface area contributed by atoms with Gasteiger partial charge in [0, 0.05) is 29.6 Å². The van der Waals surface area contributed by atoms with E-state index in [0.29, 0.717) is 0 Å². The minimum atomic E-state index is 0. The van der Waals surface area contributed by atoms with Gasteiger partial charge in [-0.3, -0.25) is 0 Å². The Labute approximate surface area is 112 Å². The molecule has 0 rings (SSSR count). The maximum Gasteiger partial charge on any atom is 0 e. The predicted octanol–water partition coefficient (Wildman–Crippen LogP) is 4.07. The number of unbranched alkanes of at least 4 members (excludes halogenated alkanes) is 8. The molecule has 0 nitrogen and oxygen atoms in total. The summed E-state index contributed by atoms with van der Waals surface area (Å²) in [5.74, 6) is 1.07. The first kappa shape index (κ1) is 16.8. The van der Waals surface area contributed by atoms with E-state index in [-0.39, 0.29) is 29.6 Å². The van der Waals surface area contributed by atoms with Gasteiger partial charge in [-0.25, -0.2) is 0 Å². The zero-order valence-electron chi connectivity index (χ0n) is 9.52. The van der Waals surface area contributed by atoms with Crippen LogP contribution in [0.15, 0.2) is 0 Å². The number of hydrogen-bond donors (Lipinski definition) is 1. The second kappa shape index (κ2) is 15.8. The molecule has 13 heavy (non-hydrogen) atoms. The van der Waals surface area contributed by atoms with Gasteiger partial charge in [-0.15, -0.1) is 0 Å². The molecular formula is C11H24NaS. The quantitative estimate of drug-likeness (QED) is 0.332. The van der Waals surface area contributed by atoms with Gasteiger partial charge in [-0.2, -0.15) is 12.6 Å². The molecule has 0 fully saturated rings. The third kappa shape index (κ3) is 16.1. The fourth-order valence-corrected chi connectivity index (χ4v) is 1.65. The van der Waals surface area contributed by atoms with Crippen molar-refractivity contribution in [1.29, 1.82) is 0 Å². The molecule has 1 radical (unpaired) electrons. The van der Waals surface area contributed by atoms with Gasteiger partial charge in [0.15, 0.2) is 0 Å². The van der Waals surface area contributed by atoms with E-state index in [0.717, 1.165) is 5.75 Å². The van der Waals surface area contributed by atoms with Crippen molar-refractivity contribution in [3.05, 3.63) is 0 Å². The molecule has 0 N–H and O–H groups in total. The summed E-state index contributed by atoms with van der Waals surface area (Å²) < 4.78 is 0. The van der Waals surface area contributed by atoms with E-state index in [1.54, 1.807) is 0 Å². The second-order valence-corrected chi connectivity index (χ2v) is 4.00. The molecule has 0 bridgehead atoms. The Bertz CT molecular complexity index is 66.5. The topological polar surface area (TPSA) is 0 Å². The molecule has 0 aliphatic rings. The van der Waals surface area contributed by atoms with Gasteiger partial charge in [0.2, 0.25) is 0 Å². The molecule has 0 aliphatic heterocycles. The van der Waals surface area contributed by atoms with Crippen molar-refractivity contribution < 1.29 is 0 Å². The van der Waals surface area contributed by atoms with E-state index in [2.05, 4.69) is 19.6 Å². The SMILES string of the molecule is CCCCCCCCCCCS.[Na]. The maximum atomic E-state index is 4.19. The summed E-state index contributed by atoms with van der Waals surface area (Å²) in [6.07, 6.45) is 12.7. The number of rotatable bonds is 9. The van der Waals surface area contributed by atoms with Crippen molar-refractivity contribution in [3.8, 4) is 0 Å². The molecule has 75 valence electrons. The summed E-state index contributed by atoms with van der Waals surface area (Å²) in [5.41, 5.74) is 0. The molecule has 0 saturated carbocycles. The van der Waals surface area contributed by atoms with E-state index >= 15 is 0 Å². The van der Waals surface area contributed by atoms with Crippen LogP contribution < -0.4 is 0 Å². The molecular weight excluding hydrogens is 187 g/mol. The summed E-state index contributed by atoms with van der Waals surface area (Å²) >= 11 is 4.19. The van der Waals surface area contributed by atoms with Crippen LogP contribution in [0.3, 0.4) is 0 Å². The molecule has 0 aliphatic carbocycles. The van der Waals surface area contributed by atoms with Gasteiger partial charge in [0.05, 0.1) is 0 Å². The summed E-state index contributed by atoms with van der Waals surface area (Å²) in [5, 5.41) is 0. The van der Waals surface area contributed by atoms with E-state index < -0.39 is 0 Å². The Morgan fingerprint density at radius 2 is 1.08 bits per heavy atom. The molecule has 0 amide bonds. The standard InChI is InChI=1S/C11H24S.Na/c1-2-3-4-5-6-7-8-9-10-11-12;/h12H,2-11H2,1H3;. The van der Waals surface area contributed by atoms with Gasteiger partial charge in [-0.05, 0) is 12.2 Å². The molecule has 2 heteroatoms. The number of thiol groups is 1. The zero-order chi connectivity index (χ0) is 9.07. The largest absolute Gasteiger partial charge is 0.179 e. The smallest absolute Gasteiger partial charge is 0 e. The molecule has 0 saturated heterocycles. The van der Waals surface area contributed by atoms with Crippen molar-refractivity contribution in [2.75, 3.05) is 5.75 Å². The molecule has 0 unspecified atom stereocenters. The minimum absolute atomic E-state index is 0. The van der Waals surface area contributed by atoms with Crippen LogP contribution in [0.2, 0.25) is 0 Å². The third-order valence-corrected chi connectivity index (χ3v) is 2.58. The van der Waals surface area contributed by atoms with Crippen LogP contribution in [-0.4, -0.2) is 35.3 Å². The van der Waals surface area contributed by atoms with E-state index in [9.17, 15) is 0 Å². The van der Waals surface area contributed by atoms with Crippen LogP contribution in [0.25, 0.3) is 0 Å². The van der Waals surface area contributed by atoms with Gasteiger partial charge in [0.1, 0.15) is 0 Å². The minimum Gasteiger partial charge on any atom is -0.179 e. The Kier molecular flexibility index (Phi) is 20.4. The Hall–Kier alpha value is 1.35. The maximum absolute atomic E-state index is 4.19. The molecule has 0 aromatic carbocycles. The van der Waals surface area contributed by atoms with Crippen molar-refractivity contribution in [2.24, 2.45) is 0 Å². The van der Waals surface area contributed by atoms with Gasteiger partial charge in [0.25, 0.3) is 0 Å². The summed E-state index contributed by atoms with van der Waals surface area (Å²) in [6.45, 7) is 2.27. The van der Waals surface area contributed by atoms with E-state index in [1.807, 2.05) is 0 Å². The Morgan fingerprint density at radius 1 is 0.692 bits per heavy atom. The first-order valence-corrected chi connectivity index (χ1v) is 6.16. The van der Waals surface area contributed by atoms with Crippen molar-refractivity contribution in [2.45, 2.75) is 64.7 Å². The molecule has 0 aromatic heterocycles. The van der Waals surface area contributed by atoms with E-state index in [4.69, 9.17) is 0 Å². The monoisotopic (exact) mass is 211 g/mol. The third-order valence-electron chi connectivity index (χ3n) is 2.26. The van der Waals surface area contributed by atoms with Crippen LogP contribution in [-0.2, 0) is 0 Å². The Morgan fingerprint density at radius 3 is 1.46 bits per heavy atom. The average Bonchev–Trinajstić information content (AvgIpc) is 2.10. The van der Waals surface area contributed by atoms with Crippen LogP contribution in [0.4, 0.5) is 0 Å². The van der Waals surface area contributed by atoms with Crippen molar-refractivity contribution in [1.82, 2.24) is 0 Å². The summed E-state index contributed by atoms with van der Waals surface area (Å²) in [7, 11) is 0. The van der Waals surface area contributed by atoms with Crippen LogP contribution >= 0.6 is 12.6 Å². The predicted molar refractivity (Wildman–Crippen MR) is 66.8 cm³/mol. The fourth-order valence-electron chi connectivity index (χ4n) is 1.42. The Balaban J connectivity index is 0. The van der Waals surface area contributed by atoms with Crippen LogP contribution in [0.1, 0.15) is 64.7 Å². The molecule has 0 aromatic rings. The van der Waals surface area contributed by atoms with Gasteiger partial charge >= 0.3 is 0 Å². The molecule has 0 spiro atoms. The van der Waals surface area contributed by atoms with Gasteiger partial charge in [-0.1, -0.05) is 58.3 Å². The summed E-state index contributed by atoms with van der Waals surface area (Å²) in [6, 6.07) is 0. The normalized spacial score (nSPS) is 9.69. The van der Waals surface area contributed by atoms with Gasteiger partial charge < -0.3 is 0 Å². The first-order valence-electron chi connectivity index (χ1n) is 5.52. The zero-order valence-corrected chi connectivity index (χ0v) is 12.4. The fraction of sp³-hybridized carbons (Fsp3) is 1.00.